The first-order valence-corrected chi connectivity index (χ1v) is 6.68. The van der Waals surface area contributed by atoms with Crippen LogP contribution in [0.3, 0.4) is 0 Å². The van der Waals surface area contributed by atoms with Crippen LogP contribution in [-0.4, -0.2) is 0 Å². The van der Waals surface area contributed by atoms with Crippen LogP contribution in [0.1, 0.15) is 0 Å². The zero-order valence-electron chi connectivity index (χ0n) is 11.7. The van der Waals surface area contributed by atoms with Crippen LogP contribution >= 0.6 is 0 Å². The molecule has 0 saturated heterocycles. The average Bonchev–Trinajstić information content (AvgIpc) is 2.52. The third-order valence-corrected chi connectivity index (χ3v) is 3.02. The topological polar surface area (TPSA) is 78.1 Å². The zero-order valence-corrected chi connectivity index (χ0v) is 11.7. The monoisotopic (exact) mass is 277 g/mol. The van der Waals surface area contributed by atoms with Crippen LogP contribution in [0.2, 0.25) is 0 Å². The van der Waals surface area contributed by atoms with Gasteiger partial charge in [-0.25, -0.2) is 0 Å². The Morgan fingerprint density at radius 1 is 0.524 bits per heavy atom. The molecule has 3 aromatic rings. The first-order chi connectivity index (χ1) is 10.2. The van der Waals surface area contributed by atoms with Gasteiger partial charge in [0.05, 0.1) is 11.4 Å². The largest absolute Gasteiger partial charge is 0.399 e. The molecule has 0 aliphatic rings. The summed E-state index contributed by atoms with van der Waals surface area (Å²) in [7, 11) is 0. The minimum Gasteiger partial charge on any atom is -0.399 e. The van der Waals surface area contributed by atoms with Gasteiger partial charge in [-0.2, -0.15) is 0 Å². The standard InChI is InChI=1S/C12H12N2.C6H7N/c13-11-8-4-7-10(12(11)14)9-5-2-1-3-6-9;7-6-4-2-1-3-5-6/h1-8H,13-14H2;1-5H,7H2. The first-order valence-electron chi connectivity index (χ1n) is 6.68. The highest BCUT2D eigenvalue weighted by Gasteiger charge is 2.03. The second kappa shape index (κ2) is 7.01. The van der Waals surface area contributed by atoms with Gasteiger partial charge >= 0.3 is 0 Å². The van der Waals surface area contributed by atoms with Crippen LogP contribution in [-0.2, 0) is 0 Å². The molecule has 0 radical (unpaired) electrons. The zero-order chi connectivity index (χ0) is 15.1. The molecular weight excluding hydrogens is 258 g/mol. The quantitative estimate of drug-likeness (QED) is 0.592. The van der Waals surface area contributed by atoms with E-state index in [1.165, 1.54) is 0 Å². The molecule has 0 aliphatic carbocycles. The molecule has 0 unspecified atom stereocenters. The SMILES string of the molecule is Nc1cccc(-c2ccccc2)c1N.Nc1ccccc1. The van der Waals surface area contributed by atoms with Crippen molar-refractivity contribution in [2.75, 3.05) is 17.2 Å². The Morgan fingerprint density at radius 2 is 1.10 bits per heavy atom. The molecule has 0 spiro atoms. The maximum Gasteiger partial charge on any atom is 0.0627 e. The van der Waals surface area contributed by atoms with Crippen molar-refractivity contribution < 1.29 is 0 Å². The molecule has 3 aromatic carbocycles. The summed E-state index contributed by atoms with van der Waals surface area (Å²) < 4.78 is 0. The molecule has 0 aromatic heterocycles. The van der Waals surface area contributed by atoms with Crippen molar-refractivity contribution in [3.63, 3.8) is 0 Å². The number of nitrogens with two attached hydrogens (primary N) is 3. The molecule has 0 atom stereocenters. The van der Waals surface area contributed by atoms with E-state index in [1.54, 1.807) is 0 Å². The lowest BCUT2D eigenvalue weighted by Crippen LogP contribution is -1.96. The molecular formula is C18H19N3. The highest BCUT2D eigenvalue weighted by molar-refractivity contribution is 5.84. The molecule has 3 heteroatoms. The average molecular weight is 277 g/mol. The molecule has 3 nitrogen and oxygen atoms in total. The maximum atomic E-state index is 5.89. The summed E-state index contributed by atoms with van der Waals surface area (Å²) in [6, 6.07) is 25.2. The van der Waals surface area contributed by atoms with Crippen LogP contribution < -0.4 is 17.2 Å². The van der Waals surface area contributed by atoms with E-state index in [2.05, 4.69) is 0 Å². The van der Waals surface area contributed by atoms with Gasteiger partial charge in [0, 0.05) is 11.3 Å². The van der Waals surface area contributed by atoms with E-state index in [0.717, 1.165) is 16.8 Å². The van der Waals surface area contributed by atoms with Crippen LogP contribution in [0, 0.1) is 0 Å². The second-order valence-electron chi connectivity index (χ2n) is 4.59. The number of nitrogen functional groups attached to an aromatic ring is 3. The van der Waals surface area contributed by atoms with Gasteiger partial charge in [-0.15, -0.1) is 0 Å². The summed E-state index contributed by atoms with van der Waals surface area (Å²) in [6.45, 7) is 0. The van der Waals surface area contributed by atoms with Gasteiger partial charge < -0.3 is 17.2 Å². The molecule has 0 amide bonds. The number of rotatable bonds is 1. The lowest BCUT2D eigenvalue weighted by atomic mass is 10.0. The van der Waals surface area contributed by atoms with Gasteiger partial charge in [0.1, 0.15) is 0 Å². The minimum atomic E-state index is 0.631. The summed E-state index contributed by atoms with van der Waals surface area (Å²) in [4.78, 5) is 0. The van der Waals surface area contributed by atoms with Crippen LogP contribution in [0.4, 0.5) is 17.1 Å². The molecule has 0 bridgehead atoms. The third-order valence-electron chi connectivity index (χ3n) is 3.02. The first kappa shape index (κ1) is 14.5. The highest BCUT2D eigenvalue weighted by Crippen LogP contribution is 2.29. The van der Waals surface area contributed by atoms with Crippen LogP contribution in [0.25, 0.3) is 11.1 Å². The van der Waals surface area contributed by atoms with Gasteiger partial charge in [-0.1, -0.05) is 60.7 Å². The predicted molar refractivity (Wildman–Crippen MR) is 91.6 cm³/mol. The number of anilines is 3. The fourth-order valence-electron chi connectivity index (χ4n) is 1.91. The van der Waals surface area contributed by atoms with Gasteiger partial charge in [0.25, 0.3) is 0 Å². The van der Waals surface area contributed by atoms with E-state index in [4.69, 9.17) is 17.2 Å². The Kier molecular flexibility index (Phi) is 4.83. The number of para-hydroxylation sites is 2. The smallest absolute Gasteiger partial charge is 0.0627 e. The summed E-state index contributed by atoms with van der Waals surface area (Å²) in [5.74, 6) is 0. The van der Waals surface area contributed by atoms with E-state index in [-0.39, 0.29) is 0 Å². The van der Waals surface area contributed by atoms with Crippen molar-refractivity contribution >= 4 is 17.1 Å². The molecule has 3 rings (SSSR count). The van der Waals surface area contributed by atoms with Crippen molar-refractivity contribution in [2.45, 2.75) is 0 Å². The number of benzene rings is 3. The molecule has 21 heavy (non-hydrogen) atoms. The van der Waals surface area contributed by atoms with Crippen molar-refractivity contribution in [2.24, 2.45) is 0 Å². The van der Waals surface area contributed by atoms with Crippen molar-refractivity contribution in [3.8, 4) is 11.1 Å². The Hall–Kier alpha value is -2.94. The second-order valence-corrected chi connectivity index (χ2v) is 4.59. The van der Waals surface area contributed by atoms with Crippen LogP contribution in [0.5, 0.6) is 0 Å². The normalized spacial score (nSPS) is 9.52. The number of hydrogen-bond donors (Lipinski definition) is 3. The van der Waals surface area contributed by atoms with E-state index in [0.29, 0.717) is 11.4 Å². The van der Waals surface area contributed by atoms with E-state index >= 15 is 0 Å². The summed E-state index contributed by atoms with van der Waals surface area (Å²) in [5.41, 5.74) is 21.2. The van der Waals surface area contributed by atoms with Crippen molar-refractivity contribution in [3.05, 3.63) is 78.9 Å². The molecule has 0 aliphatic heterocycles. The third kappa shape index (κ3) is 4.01. The lowest BCUT2D eigenvalue weighted by molar-refractivity contribution is 1.60. The van der Waals surface area contributed by atoms with E-state index < -0.39 is 0 Å². The molecule has 6 N–H and O–H groups in total. The maximum absolute atomic E-state index is 5.89. The van der Waals surface area contributed by atoms with Gasteiger partial charge in [0.15, 0.2) is 0 Å². The van der Waals surface area contributed by atoms with Gasteiger partial charge in [-0.3, -0.25) is 0 Å². The lowest BCUT2D eigenvalue weighted by Gasteiger charge is -2.07. The molecule has 0 heterocycles. The highest BCUT2D eigenvalue weighted by atomic mass is 14.7. The molecule has 0 fully saturated rings. The van der Waals surface area contributed by atoms with Gasteiger partial charge in [-0.05, 0) is 23.8 Å². The van der Waals surface area contributed by atoms with Crippen molar-refractivity contribution in [1.29, 1.82) is 0 Å². The van der Waals surface area contributed by atoms with E-state index in [9.17, 15) is 0 Å². The van der Waals surface area contributed by atoms with Gasteiger partial charge in [0.2, 0.25) is 0 Å². The molecule has 106 valence electrons. The predicted octanol–water partition coefficient (Wildman–Crippen LogP) is 3.79. The van der Waals surface area contributed by atoms with E-state index in [1.807, 2.05) is 78.9 Å². The Labute approximate surface area is 125 Å². The number of hydrogen-bond acceptors (Lipinski definition) is 3. The molecule has 0 saturated carbocycles. The fraction of sp³-hybridized carbons (Fsp3) is 0. The minimum absolute atomic E-state index is 0.631. The Balaban J connectivity index is 0.000000194. The van der Waals surface area contributed by atoms with Crippen LogP contribution in [0.15, 0.2) is 78.9 Å². The Bertz CT molecular complexity index is 679. The summed E-state index contributed by atoms with van der Waals surface area (Å²) in [6.07, 6.45) is 0. The van der Waals surface area contributed by atoms with Crippen molar-refractivity contribution in [1.82, 2.24) is 0 Å². The summed E-state index contributed by atoms with van der Waals surface area (Å²) >= 11 is 0. The summed E-state index contributed by atoms with van der Waals surface area (Å²) in [5, 5.41) is 0. The fourth-order valence-corrected chi connectivity index (χ4v) is 1.91. The Morgan fingerprint density at radius 3 is 1.62 bits per heavy atom.